The summed E-state index contributed by atoms with van der Waals surface area (Å²) in [5.74, 6) is -2.86. The van der Waals surface area contributed by atoms with E-state index in [4.69, 9.17) is 16.3 Å². The molecule has 1 atom stereocenters. The molecule has 5 rings (SSSR count). The van der Waals surface area contributed by atoms with E-state index in [2.05, 4.69) is 10.3 Å². The molecular formula is C23H20ClF2N5O3. The first kappa shape index (κ1) is 22.4. The van der Waals surface area contributed by atoms with Crippen LogP contribution in [0.3, 0.4) is 0 Å². The molecule has 0 bridgehead atoms. The van der Waals surface area contributed by atoms with Crippen LogP contribution in [-0.4, -0.2) is 62.8 Å². The number of piperazine rings is 1. The second-order valence-electron chi connectivity index (χ2n) is 8.10. The highest BCUT2D eigenvalue weighted by Crippen LogP contribution is 2.28. The third-order valence-corrected chi connectivity index (χ3v) is 6.32. The third kappa shape index (κ3) is 4.14. The van der Waals surface area contributed by atoms with Crippen LogP contribution in [-0.2, 0) is 17.9 Å². The van der Waals surface area contributed by atoms with Crippen LogP contribution >= 0.6 is 11.6 Å². The highest BCUT2D eigenvalue weighted by molar-refractivity contribution is 6.30. The molecule has 1 saturated heterocycles. The summed E-state index contributed by atoms with van der Waals surface area (Å²) in [6.45, 7) is 1.30. The number of fused-ring (bicyclic) bond motifs is 1. The smallest absolute Gasteiger partial charge is 0.276 e. The van der Waals surface area contributed by atoms with E-state index in [0.29, 0.717) is 17.3 Å². The van der Waals surface area contributed by atoms with Gasteiger partial charge in [-0.3, -0.25) is 9.59 Å². The van der Waals surface area contributed by atoms with Crippen LogP contribution in [0.4, 0.5) is 8.78 Å². The lowest BCUT2D eigenvalue weighted by Crippen LogP contribution is -2.51. The molecule has 2 amide bonds. The number of benzene rings is 2. The van der Waals surface area contributed by atoms with E-state index in [1.54, 1.807) is 21.7 Å². The lowest BCUT2D eigenvalue weighted by atomic mass is 10.1. The van der Waals surface area contributed by atoms with Crippen LogP contribution in [0.1, 0.15) is 38.2 Å². The number of halogens is 3. The Morgan fingerprint density at radius 1 is 0.941 bits per heavy atom. The Bertz CT molecular complexity index is 1220. The zero-order chi connectivity index (χ0) is 23.8. The van der Waals surface area contributed by atoms with Crippen molar-refractivity contribution in [1.29, 1.82) is 0 Å². The standard InChI is InChI=1S/C23H20ClF2N5O3/c24-15-6-4-14(5-7-15)19-12-31-18(13-34-19)21(27-28-31)23(33)30-10-8-29(9-11-30)22(32)20-16(25)2-1-3-17(20)26/h1-7,19H,8-13H2/t19-/m1/s1. The van der Waals surface area contributed by atoms with E-state index in [1.165, 1.54) is 11.0 Å². The maximum Gasteiger partial charge on any atom is 0.276 e. The molecule has 11 heteroatoms. The Hall–Kier alpha value is -3.37. The van der Waals surface area contributed by atoms with Gasteiger partial charge in [0.1, 0.15) is 23.3 Å². The van der Waals surface area contributed by atoms with Crippen molar-refractivity contribution in [1.82, 2.24) is 24.8 Å². The first-order valence-electron chi connectivity index (χ1n) is 10.7. The minimum absolute atomic E-state index is 0.150. The molecule has 176 valence electrons. The second kappa shape index (κ2) is 9.11. The average Bonchev–Trinajstić information content (AvgIpc) is 3.27. The van der Waals surface area contributed by atoms with Gasteiger partial charge in [0.15, 0.2) is 5.69 Å². The molecule has 0 saturated carbocycles. The van der Waals surface area contributed by atoms with Crippen LogP contribution in [0.5, 0.6) is 0 Å². The minimum atomic E-state index is -0.906. The fraction of sp³-hybridized carbons (Fsp3) is 0.304. The van der Waals surface area contributed by atoms with Crippen molar-refractivity contribution in [2.24, 2.45) is 0 Å². The lowest BCUT2D eigenvalue weighted by molar-refractivity contribution is -0.00202. The van der Waals surface area contributed by atoms with Gasteiger partial charge >= 0.3 is 0 Å². The van der Waals surface area contributed by atoms with Crippen molar-refractivity contribution >= 4 is 23.4 Å². The summed E-state index contributed by atoms with van der Waals surface area (Å²) in [6.07, 6.45) is -0.234. The Morgan fingerprint density at radius 2 is 1.56 bits per heavy atom. The number of carbonyl (C=O) groups is 2. The molecule has 2 aliphatic heterocycles. The van der Waals surface area contributed by atoms with Gasteiger partial charge in [-0.25, -0.2) is 13.5 Å². The van der Waals surface area contributed by atoms with Crippen molar-refractivity contribution < 1.29 is 23.1 Å². The molecule has 0 unspecified atom stereocenters. The Kier molecular flexibility index (Phi) is 6.01. The SMILES string of the molecule is O=C(c1nnn2c1CO[C@@H](c1ccc(Cl)cc1)C2)N1CCN(C(=O)c2c(F)cccc2F)CC1. The molecule has 0 radical (unpaired) electrons. The highest BCUT2D eigenvalue weighted by Gasteiger charge is 2.33. The number of hydrogen-bond donors (Lipinski definition) is 0. The van der Waals surface area contributed by atoms with Gasteiger partial charge < -0.3 is 14.5 Å². The summed E-state index contributed by atoms with van der Waals surface area (Å²) in [6, 6.07) is 10.6. The fourth-order valence-corrected chi connectivity index (χ4v) is 4.31. The third-order valence-electron chi connectivity index (χ3n) is 6.07. The first-order chi connectivity index (χ1) is 16.4. The molecule has 34 heavy (non-hydrogen) atoms. The summed E-state index contributed by atoms with van der Waals surface area (Å²) >= 11 is 5.95. The fourth-order valence-electron chi connectivity index (χ4n) is 4.18. The zero-order valence-electron chi connectivity index (χ0n) is 18.0. The molecular weight excluding hydrogens is 468 g/mol. The maximum atomic E-state index is 14.0. The zero-order valence-corrected chi connectivity index (χ0v) is 18.7. The van der Waals surface area contributed by atoms with Gasteiger partial charge in [-0.15, -0.1) is 5.10 Å². The van der Waals surface area contributed by atoms with E-state index >= 15 is 0 Å². The molecule has 8 nitrogen and oxygen atoms in total. The number of aromatic nitrogens is 3. The molecule has 2 aromatic carbocycles. The van der Waals surface area contributed by atoms with Crippen molar-refractivity contribution in [2.45, 2.75) is 19.3 Å². The highest BCUT2D eigenvalue weighted by atomic mass is 35.5. The summed E-state index contributed by atoms with van der Waals surface area (Å²) in [5.41, 5.74) is 1.16. The molecule has 0 spiro atoms. The Morgan fingerprint density at radius 3 is 2.21 bits per heavy atom. The van der Waals surface area contributed by atoms with Crippen molar-refractivity contribution in [3.8, 4) is 0 Å². The monoisotopic (exact) mass is 487 g/mol. The molecule has 1 aromatic heterocycles. The van der Waals surface area contributed by atoms with Gasteiger partial charge in [-0.05, 0) is 29.8 Å². The van der Waals surface area contributed by atoms with Crippen LogP contribution in [0.25, 0.3) is 0 Å². The largest absolute Gasteiger partial charge is 0.365 e. The van der Waals surface area contributed by atoms with Gasteiger partial charge in [0.25, 0.3) is 11.8 Å². The van der Waals surface area contributed by atoms with Crippen LogP contribution in [0.15, 0.2) is 42.5 Å². The van der Waals surface area contributed by atoms with E-state index in [9.17, 15) is 18.4 Å². The van der Waals surface area contributed by atoms with Crippen LogP contribution < -0.4 is 0 Å². The lowest BCUT2D eigenvalue weighted by Gasteiger charge is -2.34. The second-order valence-corrected chi connectivity index (χ2v) is 8.54. The minimum Gasteiger partial charge on any atom is -0.365 e. The quantitative estimate of drug-likeness (QED) is 0.567. The normalized spacial score (nSPS) is 18.0. The summed E-state index contributed by atoms with van der Waals surface area (Å²) < 4.78 is 35.6. The number of rotatable bonds is 3. The van der Waals surface area contributed by atoms with Crippen molar-refractivity contribution in [2.75, 3.05) is 26.2 Å². The number of nitrogens with zero attached hydrogens (tertiary/aromatic N) is 5. The van der Waals surface area contributed by atoms with E-state index in [-0.39, 0.29) is 50.5 Å². The molecule has 2 aliphatic rings. The molecule has 0 N–H and O–H groups in total. The average molecular weight is 488 g/mol. The summed E-state index contributed by atoms with van der Waals surface area (Å²) in [5, 5.41) is 8.85. The predicted octanol–water partition coefficient (Wildman–Crippen LogP) is 3.08. The van der Waals surface area contributed by atoms with Gasteiger partial charge in [-0.1, -0.05) is 35.0 Å². The number of carbonyl (C=O) groups excluding carboxylic acids is 2. The topological polar surface area (TPSA) is 80.6 Å². The Balaban J connectivity index is 1.24. The number of hydrogen-bond acceptors (Lipinski definition) is 5. The molecule has 3 aromatic rings. The van der Waals surface area contributed by atoms with E-state index < -0.39 is 23.1 Å². The van der Waals surface area contributed by atoms with Crippen LogP contribution in [0.2, 0.25) is 5.02 Å². The van der Waals surface area contributed by atoms with Gasteiger partial charge in [0, 0.05) is 31.2 Å². The van der Waals surface area contributed by atoms with Crippen molar-refractivity contribution in [3.05, 3.63) is 81.6 Å². The Labute approximate surface area is 198 Å². The number of ether oxygens (including phenoxy) is 1. The van der Waals surface area contributed by atoms with Crippen LogP contribution in [0, 0.1) is 11.6 Å². The maximum absolute atomic E-state index is 14.0. The van der Waals surface area contributed by atoms with Gasteiger partial charge in [0.2, 0.25) is 0 Å². The van der Waals surface area contributed by atoms with Crippen molar-refractivity contribution in [3.63, 3.8) is 0 Å². The molecule has 1 fully saturated rings. The molecule has 0 aliphatic carbocycles. The summed E-state index contributed by atoms with van der Waals surface area (Å²) in [7, 11) is 0. The molecule has 3 heterocycles. The predicted molar refractivity (Wildman–Crippen MR) is 117 cm³/mol. The van der Waals surface area contributed by atoms with Gasteiger partial charge in [-0.2, -0.15) is 0 Å². The first-order valence-corrected chi connectivity index (χ1v) is 11.1. The van der Waals surface area contributed by atoms with E-state index in [1.807, 2.05) is 12.1 Å². The summed E-state index contributed by atoms with van der Waals surface area (Å²) in [4.78, 5) is 28.6. The van der Waals surface area contributed by atoms with Gasteiger partial charge in [0.05, 0.1) is 18.8 Å². The number of amides is 2. The van der Waals surface area contributed by atoms with E-state index in [0.717, 1.165) is 17.7 Å².